The predicted octanol–water partition coefficient (Wildman–Crippen LogP) is 1.76. The Morgan fingerprint density at radius 3 is 2.59 bits per heavy atom. The fourth-order valence-corrected chi connectivity index (χ4v) is 1.36. The Balaban J connectivity index is 3.25. The zero-order valence-electron chi connectivity index (χ0n) is 9.45. The minimum atomic E-state index is -1.10. The lowest BCUT2D eigenvalue weighted by atomic mass is 10.1. The molecule has 0 fully saturated rings. The molecule has 6 heteroatoms. The van der Waals surface area contributed by atoms with Crippen LogP contribution in [0, 0.1) is 10.1 Å². The van der Waals surface area contributed by atoms with E-state index in [4.69, 9.17) is 5.11 Å². The van der Waals surface area contributed by atoms with Gasteiger partial charge in [-0.25, -0.2) is 4.79 Å². The number of nitro groups is 1. The smallest absolute Gasteiger partial charge is 0.328 e. The van der Waals surface area contributed by atoms with E-state index in [2.05, 4.69) is 0 Å². The fraction of sp³-hybridized carbons (Fsp3) is 0.182. The number of hydrogen-bond acceptors (Lipinski definition) is 4. The number of nitrogens with zero attached hydrogens (tertiary/aromatic N) is 2. The topological polar surface area (TPSA) is 83.7 Å². The van der Waals surface area contributed by atoms with Gasteiger partial charge in [0.15, 0.2) is 0 Å². The summed E-state index contributed by atoms with van der Waals surface area (Å²) in [7, 11) is 3.55. The Bertz CT molecular complexity index is 480. The highest BCUT2D eigenvalue weighted by Crippen LogP contribution is 2.25. The number of hydrogen-bond donors (Lipinski definition) is 1. The van der Waals surface area contributed by atoms with Crippen molar-refractivity contribution in [3.8, 4) is 0 Å². The monoisotopic (exact) mass is 236 g/mol. The van der Waals surface area contributed by atoms with Crippen LogP contribution in [0.15, 0.2) is 24.3 Å². The molecule has 6 nitrogen and oxygen atoms in total. The van der Waals surface area contributed by atoms with Gasteiger partial charge < -0.3 is 10.0 Å². The summed E-state index contributed by atoms with van der Waals surface area (Å²) in [4.78, 5) is 22.3. The van der Waals surface area contributed by atoms with Crippen molar-refractivity contribution in [1.82, 2.24) is 0 Å². The number of aliphatic carboxylic acids is 1. The molecule has 0 radical (unpaired) electrons. The molecule has 0 unspecified atom stereocenters. The van der Waals surface area contributed by atoms with E-state index in [1.165, 1.54) is 18.2 Å². The van der Waals surface area contributed by atoms with E-state index in [0.717, 1.165) is 6.08 Å². The van der Waals surface area contributed by atoms with Crippen molar-refractivity contribution < 1.29 is 14.8 Å². The lowest BCUT2D eigenvalue weighted by Crippen LogP contribution is -2.10. The lowest BCUT2D eigenvalue weighted by Gasteiger charge is -2.15. The quantitative estimate of drug-likeness (QED) is 0.489. The molecular formula is C11H12N2O4. The number of carboxylic acids is 1. The average molecular weight is 236 g/mol. The van der Waals surface area contributed by atoms with Gasteiger partial charge in [0, 0.05) is 43.6 Å². The third kappa shape index (κ3) is 3.30. The molecule has 0 bridgehead atoms. The van der Waals surface area contributed by atoms with Crippen LogP contribution >= 0.6 is 0 Å². The summed E-state index contributed by atoms with van der Waals surface area (Å²) in [5.74, 6) is -1.10. The number of rotatable bonds is 4. The minimum absolute atomic E-state index is 0.0689. The van der Waals surface area contributed by atoms with E-state index in [1.54, 1.807) is 25.1 Å². The molecule has 1 aromatic carbocycles. The maximum Gasteiger partial charge on any atom is 0.328 e. The van der Waals surface area contributed by atoms with Crippen LogP contribution in [0.1, 0.15) is 5.56 Å². The second-order valence-electron chi connectivity index (χ2n) is 3.57. The normalized spacial score (nSPS) is 10.5. The minimum Gasteiger partial charge on any atom is -0.478 e. The molecule has 1 N–H and O–H groups in total. The standard InChI is InChI=1S/C11H12N2O4/c1-12(2)10-5-4-9(13(16)17)7-8(10)3-6-11(14)15/h3-7H,1-2H3,(H,14,15)/b6-3+. The molecule has 0 saturated carbocycles. The summed E-state index contributed by atoms with van der Waals surface area (Å²) < 4.78 is 0. The molecule has 0 aliphatic heterocycles. The van der Waals surface area contributed by atoms with Crippen LogP contribution in [0.25, 0.3) is 6.08 Å². The molecule has 0 aliphatic rings. The Morgan fingerprint density at radius 2 is 2.12 bits per heavy atom. The summed E-state index contributed by atoms with van der Waals surface area (Å²) in [6.45, 7) is 0. The number of benzene rings is 1. The van der Waals surface area contributed by atoms with Crippen molar-refractivity contribution in [2.45, 2.75) is 0 Å². The Kier molecular flexibility index (Phi) is 3.82. The molecule has 0 atom stereocenters. The summed E-state index contributed by atoms with van der Waals surface area (Å²) >= 11 is 0. The van der Waals surface area contributed by atoms with Crippen molar-refractivity contribution in [1.29, 1.82) is 0 Å². The Morgan fingerprint density at radius 1 is 1.47 bits per heavy atom. The maximum absolute atomic E-state index is 10.6. The Labute approximate surface area is 97.9 Å². The van der Waals surface area contributed by atoms with E-state index in [1.807, 2.05) is 0 Å². The zero-order chi connectivity index (χ0) is 13.0. The van der Waals surface area contributed by atoms with E-state index in [0.29, 0.717) is 11.3 Å². The highest BCUT2D eigenvalue weighted by atomic mass is 16.6. The number of anilines is 1. The second kappa shape index (κ2) is 5.11. The fourth-order valence-electron chi connectivity index (χ4n) is 1.36. The molecule has 17 heavy (non-hydrogen) atoms. The van der Waals surface area contributed by atoms with Crippen LogP contribution in [0.3, 0.4) is 0 Å². The first-order chi connectivity index (χ1) is 7.91. The van der Waals surface area contributed by atoms with Gasteiger partial charge in [-0.2, -0.15) is 0 Å². The van der Waals surface area contributed by atoms with Crippen LogP contribution in [0.5, 0.6) is 0 Å². The molecule has 0 aromatic heterocycles. The van der Waals surface area contributed by atoms with Crippen molar-refractivity contribution in [2.75, 3.05) is 19.0 Å². The van der Waals surface area contributed by atoms with Crippen molar-refractivity contribution in [3.05, 3.63) is 40.0 Å². The SMILES string of the molecule is CN(C)c1ccc([N+](=O)[O-])cc1/C=C/C(=O)O. The first-order valence-electron chi connectivity index (χ1n) is 4.78. The molecule has 1 rings (SSSR count). The highest BCUT2D eigenvalue weighted by molar-refractivity contribution is 5.87. The predicted molar refractivity (Wildman–Crippen MR) is 64.1 cm³/mol. The number of non-ortho nitro benzene ring substituents is 1. The largest absolute Gasteiger partial charge is 0.478 e. The van der Waals surface area contributed by atoms with E-state index >= 15 is 0 Å². The van der Waals surface area contributed by atoms with Gasteiger partial charge >= 0.3 is 5.97 Å². The summed E-state index contributed by atoms with van der Waals surface area (Å²) in [5, 5.41) is 19.2. The zero-order valence-corrected chi connectivity index (χ0v) is 9.45. The van der Waals surface area contributed by atoms with Crippen molar-refractivity contribution >= 4 is 23.4 Å². The molecule has 0 saturated heterocycles. The van der Waals surface area contributed by atoms with E-state index < -0.39 is 10.9 Å². The van der Waals surface area contributed by atoms with Crippen LogP contribution in [-0.4, -0.2) is 30.1 Å². The summed E-state index contributed by atoms with van der Waals surface area (Å²) in [6, 6.07) is 4.31. The van der Waals surface area contributed by atoms with Gasteiger partial charge in [0.05, 0.1) is 4.92 Å². The summed E-state index contributed by atoms with van der Waals surface area (Å²) in [6.07, 6.45) is 2.29. The maximum atomic E-state index is 10.6. The molecule has 90 valence electrons. The average Bonchev–Trinajstić information content (AvgIpc) is 2.25. The molecule has 0 aliphatic carbocycles. The van der Waals surface area contributed by atoms with Gasteiger partial charge in [0.25, 0.3) is 5.69 Å². The van der Waals surface area contributed by atoms with E-state index in [9.17, 15) is 14.9 Å². The Hall–Kier alpha value is -2.37. The third-order valence-corrected chi connectivity index (χ3v) is 2.11. The summed E-state index contributed by atoms with van der Waals surface area (Å²) in [5.41, 5.74) is 1.14. The number of carbonyl (C=O) groups is 1. The van der Waals surface area contributed by atoms with Crippen molar-refractivity contribution in [3.63, 3.8) is 0 Å². The molecule has 1 aromatic rings. The van der Waals surface area contributed by atoms with E-state index in [-0.39, 0.29) is 5.69 Å². The van der Waals surface area contributed by atoms with Crippen LogP contribution in [0.4, 0.5) is 11.4 Å². The van der Waals surface area contributed by atoms with Crippen molar-refractivity contribution in [2.24, 2.45) is 0 Å². The van der Waals surface area contributed by atoms with Gasteiger partial charge in [-0.15, -0.1) is 0 Å². The number of carboxylic acid groups (broad SMARTS) is 1. The van der Waals surface area contributed by atoms with Crippen LogP contribution in [-0.2, 0) is 4.79 Å². The third-order valence-electron chi connectivity index (χ3n) is 2.11. The van der Waals surface area contributed by atoms with Crippen LogP contribution < -0.4 is 4.90 Å². The molecule has 0 heterocycles. The van der Waals surface area contributed by atoms with Gasteiger partial charge in [-0.3, -0.25) is 10.1 Å². The van der Waals surface area contributed by atoms with Gasteiger partial charge in [0.2, 0.25) is 0 Å². The second-order valence-corrected chi connectivity index (χ2v) is 3.57. The first-order valence-corrected chi connectivity index (χ1v) is 4.78. The molecule has 0 spiro atoms. The molecular weight excluding hydrogens is 224 g/mol. The first kappa shape index (κ1) is 12.7. The molecule has 0 amide bonds. The highest BCUT2D eigenvalue weighted by Gasteiger charge is 2.10. The lowest BCUT2D eigenvalue weighted by molar-refractivity contribution is -0.384. The van der Waals surface area contributed by atoms with Gasteiger partial charge in [-0.1, -0.05) is 0 Å². The van der Waals surface area contributed by atoms with Gasteiger partial charge in [-0.05, 0) is 12.1 Å². The van der Waals surface area contributed by atoms with Gasteiger partial charge in [0.1, 0.15) is 0 Å². The van der Waals surface area contributed by atoms with Crippen LogP contribution in [0.2, 0.25) is 0 Å². The number of nitro benzene ring substituents is 1.